The van der Waals surface area contributed by atoms with E-state index in [-0.39, 0.29) is 0 Å². The Morgan fingerprint density at radius 3 is 2.26 bits per heavy atom. The number of hydrogen-bond donors (Lipinski definition) is 0. The van der Waals surface area contributed by atoms with E-state index in [1.807, 2.05) is 37.3 Å². The molecule has 2 nitrogen and oxygen atoms in total. The number of rotatable bonds is 3. The average Bonchev–Trinajstić information content (AvgIpc) is 3.01. The van der Waals surface area contributed by atoms with E-state index >= 15 is 0 Å². The molecule has 0 saturated carbocycles. The molecule has 0 saturated heterocycles. The lowest BCUT2D eigenvalue weighted by Crippen LogP contribution is -2.25. The van der Waals surface area contributed by atoms with Gasteiger partial charge in [0.05, 0.1) is 11.3 Å². The molecule has 1 heterocycles. The maximum atomic E-state index is 12.6. The van der Waals surface area contributed by atoms with Gasteiger partial charge in [0.1, 0.15) is 0 Å². The van der Waals surface area contributed by atoms with Crippen molar-refractivity contribution in [2.24, 2.45) is 5.16 Å². The van der Waals surface area contributed by atoms with Crippen molar-refractivity contribution in [3.8, 4) is 0 Å². The van der Waals surface area contributed by atoms with Gasteiger partial charge < -0.3 is 4.84 Å². The van der Waals surface area contributed by atoms with Crippen molar-refractivity contribution in [2.45, 2.75) is 31.5 Å². The van der Waals surface area contributed by atoms with Crippen molar-refractivity contribution < 1.29 is 18.0 Å². The standard InChI is InChI=1S/C18H16F3NO/c1-2-17(14-6-4-3-5-7-14)12-16(22-23-17)13-8-10-15(11-9-13)18(19,20)21/h3-11H,2,12H2,1H3/t17-/m0/s1. The minimum Gasteiger partial charge on any atom is -0.384 e. The summed E-state index contributed by atoms with van der Waals surface area (Å²) < 4.78 is 37.9. The first kappa shape index (κ1) is 15.6. The van der Waals surface area contributed by atoms with E-state index in [1.165, 1.54) is 12.1 Å². The fourth-order valence-corrected chi connectivity index (χ4v) is 2.77. The molecule has 0 aliphatic carbocycles. The Morgan fingerprint density at radius 1 is 1.04 bits per heavy atom. The van der Waals surface area contributed by atoms with Gasteiger partial charge in [-0.15, -0.1) is 0 Å². The fourth-order valence-electron chi connectivity index (χ4n) is 2.77. The summed E-state index contributed by atoms with van der Waals surface area (Å²) in [5, 5.41) is 4.13. The van der Waals surface area contributed by atoms with E-state index in [1.54, 1.807) is 0 Å². The zero-order valence-electron chi connectivity index (χ0n) is 12.6. The molecular formula is C18H16F3NO. The van der Waals surface area contributed by atoms with Gasteiger partial charge in [0.15, 0.2) is 5.60 Å². The SMILES string of the molecule is CC[C@@]1(c2ccccc2)CC(c2ccc(C(F)(F)F)cc2)=NO1. The molecule has 0 fully saturated rings. The maximum Gasteiger partial charge on any atom is 0.416 e. The second-order valence-electron chi connectivity index (χ2n) is 5.60. The summed E-state index contributed by atoms with van der Waals surface area (Å²) in [6, 6.07) is 14.8. The minimum atomic E-state index is -4.33. The Morgan fingerprint density at radius 2 is 1.70 bits per heavy atom. The molecule has 1 aliphatic heterocycles. The van der Waals surface area contributed by atoms with Gasteiger partial charge in [0.25, 0.3) is 0 Å². The molecule has 0 N–H and O–H groups in total. The summed E-state index contributed by atoms with van der Waals surface area (Å²) in [6.07, 6.45) is -3.06. The Bertz CT molecular complexity index is 707. The number of nitrogens with zero attached hydrogens (tertiary/aromatic N) is 1. The minimum absolute atomic E-state index is 0.541. The van der Waals surface area contributed by atoms with Gasteiger partial charge in [0.2, 0.25) is 0 Å². The van der Waals surface area contributed by atoms with Crippen molar-refractivity contribution in [2.75, 3.05) is 0 Å². The second kappa shape index (κ2) is 5.72. The largest absolute Gasteiger partial charge is 0.416 e. The van der Waals surface area contributed by atoms with Crippen LogP contribution < -0.4 is 0 Å². The molecule has 0 spiro atoms. The predicted octanol–water partition coefficient (Wildman–Crippen LogP) is 5.14. The van der Waals surface area contributed by atoms with Gasteiger partial charge in [-0.3, -0.25) is 0 Å². The molecule has 1 atom stereocenters. The number of oxime groups is 1. The summed E-state index contributed by atoms with van der Waals surface area (Å²) in [5.41, 5.74) is 1.15. The second-order valence-corrected chi connectivity index (χ2v) is 5.60. The molecule has 2 aromatic rings. The van der Waals surface area contributed by atoms with Crippen LogP contribution in [0.15, 0.2) is 59.8 Å². The van der Waals surface area contributed by atoms with Crippen molar-refractivity contribution >= 4 is 5.71 Å². The molecule has 0 radical (unpaired) electrons. The Hall–Kier alpha value is -2.30. The van der Waals surface area contributed by atoms with Gasteiger partial charge in [0, 0.05) is 6.42 Å². The van der Waals surface area contributed by atoms with E-state index in [0.717, 1.165) is 24.1 Å². The molecule has 0 aromatic heterocycles. The van der Waals surface area contributed by atoms with Crippen LogP contribution >= 0.6 is 0 Å². The third-order valence-corrected chi connectivity index (χ3v) is 4.20. The first-order valence-electron chi connectivity index (χ1n) is 7.43. The summed E-state index contributed by atoms with van der Waals surface area (Å²) >= 11 is 0. The molecule has 2 aromatic carbocycles. The quantitative estimate of drug-likeness (QED) is 0.768. The highest BCUT2D eigenvalue weighted by Crippen LogP contribution is 2.39. The van der Waals surface area contributed by atoms with E-state index in [4.69, 9.17) is 4.84 Å². The fraction of sp³-hybridized carbons (Fsp3) is 0.278. The normalized spacial score (nSPS) is 21.0. The number of halogens is 3. The zero-order chi connectivity index (χ0) is 16.5. The summed E-state index contributed by atoms with van der Waals surface area (Å²) in [4.78, 5) is 5.71. The summed E-state index contributed by atoms with van der Waals surface area (Å²) in [5.74, 6) is 0. The highest BCUT2D eigenvalue weighted by Gasteiger charge is 2.39. The topological polar surface area (TPSA) is 21.6 Å². The van der Waals surface area contributed by atoms with Crippen LogP contribution in [-0.2, 0) is 16.6 Å². The lowest BCUT2D eigenvalue weighted by atomic mass is 9.85. The predicted molar refractivity (Wildman–Crippen MR) is 82.1 cm³/mol. The van der Waals surface area contributed by atoms with Crippen molar-refractivity contribution in [1.82, 2.24) is 0 Å². The molecule has 23 heavy (non-hydrogen) atoms. The van der Waals surface area contributed by atoms with E-state index in [2.05, 4.69) is 5.16 Å². The Kier molecular flexibility index (Phi) is 3.88. The first-order chi connectivity index (χ1) is 10.9. The van der Waals surface area contributed by atoms with Crippen LogP contribution in [0.3, 0.4) is 0 Å². The lowest BCUT2D eigenvalue weighted by Gasteiger charge is -2.25. The molecule has 5 heteroatoms. The monoisotopic (exact) mass is 319 g/mol. The van der Waals surface area contributed by atoms with Crippen LogP contribution in [0.4, 0.5) is 13.2 Å². The zero-order valence-corrected chi connectivity index (χ0v) is 12.6. The van der Waals surface area contributed by atoms with E-state index in [9.17, 15) is 13.2 Å². The van der Waals surface area contributed by atoms with Crippen molar-refractivity contribution in [3.05, 3.63) is 71.3 Å². The molecule has 0 unspecified atom stereocenters. The first-order valence-corrected chi connectivity index (χ1v) is 7.43. The number of alkyl halides is 3. The van der Waals surface area contributed by atoms with Crippen LogP contribution in [0.1, 0.15) is 36.5 Å². The molecule has 120 valence electrons. The molecule has 1 aliphatic rings. The highest BCUT2D eigenvalue weighted by molar-refractivity contribution is 6.01. The van der Waals surface area contributed by atoms with Crippen LogP contribution in [0, 0.1) is 0 Å². The third kappa shape index (κ3) is 2.96. The molecule has 0 bridgehead atoms. The maximum absolute atomic E-state index is 12.6. The lowest BCUT2D eigenvalue weighted by molar-refractivity contribution is -0.137. The van der Waals surface area contributed by atoms with Crippen LogP contribution in [0.25, 0.3) is 0 Å². The smallest absolute Gasteiger partial charge is 0.384 e. The van der Waals surface area contributed by atoms with Gasteiger partial charge in [-0.1, -0.05) is 54.5 Å². The van der Waals surface area contributed by atoms with Gasteiger partial charge in [-0.05, 0) is 29.7 Å². The van der Waals surface area contributed by atoms with E-state index in [0.29, 0.717) is 17.7 Å². The number of benzene rings is 2. The number of hydrogen-bond acceptors (Lipinski definition) is 2. The molecule has 0 amide bonds. The summed E-state index contributed by atoms with van der Waals surface area (Å²) in [6.45, 7) is 2.01. The highest BCUT2D eigenvalue weighted by atomic mass is 19.4. The van der Waals surface area contributed by atoms with Gasteiger partial charge >= 0.3 is 6.18 Å². The third-order valence-electron chi connectivity index (χ3n) is 4.20. The van der Waals surface area contributed by atoms with Crippen molar-refractivity contribution in [3.63, 3.8) is 0 Å². The van der Waals surface area contributed by atoms with Crippen LogP contribution in [0.2, 0.25) is 0 Å². The Balaban J connectivity index is 1.84. The van der Waals surface area contributed by atoms with Crippen molar-refractivity contribution in [1.29, 1.82) is 0 Å². The molecular weight excluding hydrogens is 303 g/mol. The van der Waals surface area contributed by atoms with Crippen LogP contribution in [-0.4, -0.2) is 5.71 Å². The Labute approximate surface area is 132 Å². The van der Waals surface area contributed by atoms with Gasteiger partial charge in [-0.2, -0.15) is 13.2 Å². The van der Waals surface area contributed by atoms with E-state index < -0.39 is 17.3 Å². The molecule has 3 rings (SSSR count). The van der Waals surface area contributed by atoms with Gasteiger partial charge in [-0.25, -0.2) is 0 Å². The average molecular weight is 319 g/mol. The van der Waals surface area contributed by atoms with Crippen LogP contribution in [0.5, 0.6) is 0 Å². The summed E-state index contributed by atoms with van der Waals surface area (Å²) in [7, 11) is 0.